The number of piperidine rings is 1. The normalized spacial score (nSPS) is 19.2. The Hall–Kier alpha value is -1.87. The van der Waals surface area contributed by atoms with Crippen molar-refractivity contribution in [2.75, 3.05) is 18.8 Å². The van der Waals surface area contributed by atoms with Gasteiger partial charge in [-0.05, 0) is 32.8 Å². The average Bonchev–Trinajstić information content (AvgIpc) is 2.94. The number of nitrogens with one attached hydrogen (secondary N) is 1. The van der Waals surface area contributed by atoms with Crippen molar-refractivity contribution < 1.29 is 27.5 Å². The molecular formula is C15H22N2O6S. The first-order chi connectivity index (χ1) is 11.2. The molecule has 1 fully saturated rings. The van der Waals surface area contributed by atoms with E-state index in [1.54, 1.807) is 13.8 Å². The molecule has 0 spiro atoms. The Morgan fingerprint density at radius 2 is 2.17 bits per heavy atom. The molecule has 9 heteroatoms. The molecule has 0 aromatic carbocycles. The summed E-state index contributed by atoms with van der Waals surface area (Å²) in [5.74, 6) is -1.09. The standard InChI is InChI=1S/C15H22N2O6S/c1-3-24(21,22)17-6-4-5-11(9-17)14(18)16-8-12-7-13(15(19)20)10(2)23-12/h7,11H,3-6,8-9H2,1-2H3,(H,16,18)(H,19,20). The van der Waals surface area contributed by atoms with E-state index in [1.165, 1.54) is 10.4 Å². The molecule has 1 atom stereocenters. The zero-order valence-electron chi connectivity index (χ0n) is 13.7. The molecule has 134 valence electrons. The molecule has 0 saturated carbocycles. The predicted molar refractivity (Wildman–Crippen MR) is 86.0 cm³/mol. The Morgan fingerprint density at radius 1 is 1.46 bits per heavy atom. The molecule has 2 heterocycles. The van der Waals surface area contributed by atoms with Gasteiger partial charge >= 0.3 is 5.97 Å². The number of amides is 1. The summed E-state index contributed by atoms with van der Waals surface area (Å²) in [5.41, 5.74) is 0.0668. The molecule has 1 aliphatic rings. The first-order valence-electron chi connectivity index (χ1n) is 7.82. The molecule has 1 aliphatic heterocycles. The van der Waals surface area contributed by atoms with E-state index in [1.807, 2.05) is 0 Å². The summed E-state index contributed by atoms with van der Waals surface area (Å²) in [6.45, 7) is 3.82. The highest BCUT2D eigenvalue weighted by Gasteiger charge is 2.31. The third-order valence-corrected chi connectivity index (χ3v) is 6.00. The van der Waals surface area contributed by atoms with Crippen LogP contribution in [0, 0.1) is 12.8 Å². The molecule has 1 saturated heterocycles. The van der Waals surface area contributed by atoms with Crippen molar-refractivity contribution in [2.24, 2.45) is 5.92 Å². The van der Waals surface area contributed by atoms with Crippen LogP contribution in [0.15, 0.2) is 10.5 Å². The lowest BCUT2D eigenvalue weighted by atomic mass is 9.99. The fraction of sp³-hybridized carbons (Fsp3) is 0.600. The molecular weight excluding hydrogens is 336 g/mol. The van der Waals surface area contributed by atoms with Gasteiger partial charge < -0.3 is 14.8 Å². The van der Waals surface area contributed by atoms with Crippen LogP contribution in [0.4, 0.5) is 0 Å². The summed E-state index contributed by atoms with van der Waals surface area (Å²) in [6, 6.07) is 1.38. The number of aryl methyl sites for hydroxylation is 1. The Balaban J connectivity index is 1.95. The van der Waals surface area contributed by atoms with E-state index in [9.17, 15) is 18.0 Å². The summed E-state index contributed by atoms with van der Waals surface area (Å²) in [5, 5.41) is 11.7. The fourth-order valence-electron chi connectivity index (χ4n) is 2.75. The van der Waals surface area contributed by atoms with Crippen molar-refractivity contribution in [3.63, 3.8) is 0 Å². The topological polar surface area (TPSA) is 117 Å². The smallest absolute Gasteiger partial charge is 0.339 e. The number of hydrogen-bond acceptors (Lipinski definition) is 5. The van der Waals surface area contributed by atoms with E-state index >= 15 is 0 Å². The molecule has 24 heavy (non-hydrogen) atoms. The van der Waals surface area contributed by atoms with E-state index in [0.717, 1.165) is 0 Å². The van der Waals surface area contributed by atoms with Crippen molar-refractivity contribution in [2.45, 2.75) is 33.2 Å². The van der Waals surface area contributed by atoms with Crippen molar-refractivity contribution in [3.8, 4) is 0 Å². The molecule has 0 radical (unpaired) electrons. The second-order valence-corrected chi connectivity index (χ2v) is 8.06. The van der Waals surface area contributed by atoms with Gasteiger partial charge in [-0.15, -0.1) is 0 Å². The SMILES string of the molecule is CCS(=O)(=O)N1CCCC(C(=O)NCc2cc(C(=O)O)c(C)o2)C1. The van der Waals surface area contributed by atoms with Crippen LogP contribution in [-0.2, 0) is 21.4 Å². The number of sulfonamides is 1. The Bertz CT molecular complexity index is 724. The van der Waals surface area contributed by atoms with E-state index in [-0.39, 0.29) is 36.1 Å². The minimum absolute atomic E-state index is 0.0188. The lowest BCUT2D eigenvalue weighted by Gasteiger charge is -2.30. The zero-order valence-corrected chi connectivity index (χ0v) is 14.6. The van der Waals surface area contributed by atoms with Gasteiger partial charge in [-0.25, -0.2) is 17.5 Å². The van der Waals surface area contributed by atoms with Gasteiger partial charge in [-0.1, -0.05) is 0 Å². The first kappa shape index (κ1) is 18.5. The van der Waals surface area contributed by atoms with Gasteiger partial charge in [0.25, 0.3) is 0 Å². The molecule has 2 rings (SSSR count). The molecule has 0 bridgehead atoms. The van der Waals surface area contributed by atoms with Crippen LogP contribution in [0.2, 0.25) is 0 Å². The van der Waals surface area contributed by atoms with Crippen molar-refractivity contribution in [1.29, 1.82) is 0 Å². The van der Waals surface area contributed by atoms with Crippen LogP contribution in [0.1, 0.15) is 41.6 Å². The highest BCUT2D eigenvalue weighted by Crippen LogP contribution is 2.20. The minimum atomic E-state index is -3.30. The van der Waals surface area contributed by atoms with E-state index in [0.29, 0.717) is 25.1 Å². The molecule has 8 nitrogen and oxygen atoms in total. The third-order valence-electron chi connectivity index (χ3n) is 4.15. The number of nitrogens with zero attached hydrogens (tertiary/aromatic N) is 1. The molecule has 0 aliphatic carbocycles. The number of carboxylic acid groups (broad SMARTS) is 1. The lowest BCUT2D eigenvalue weighted by molar-refractivity contribution is -0.126. The second-order valence-electron chi connectivity index (χ2n) is 5.80. The molecule has 1 unspecified atom stereocenters. The summed E-state index contributed by atoms with van der Waals surface area (Å²) in [7, 11) is -3.30. The largest absolute Gasteiger partial charge is 0.478 e. The fourth-order valence-corrected chi connectivity index (χ4v) is 3.93. The number of hydrogen-bond donors (Lipinski definition) is 2. The summed E-state index contributed by atoms with van der Waals surface area (Å²) >= 11 is 0. The van der Waals surface area contributed by atoms with Crippen LogP contribution >= 0.6 is 0 Å². The number of rotatable bonds is 6. The van der Waals surface area contributed by atoms with Crippen LogP contribution in [-0.4, -0.2) is 48.5 Å². The summed E-state index contributed by atoms with van der Waals surface area (Å²) in [6.07, 6.45) is 1.26. The van der Waals surface area contributed by atoms with Crippen LogP contribution in [0.5, 0.6) is 0 Å². The summed E-state index contributed by atoms with van der Waals surface area (Å²) in [4.78, 5) is 23.2. The number of furan rings is 1. The van der Waals surface area contributed by atoms with E-state index in [2.05, 4.69) is 5.32 Å². The number of carbonyl (C=O) groups excluding carboxylic acids is 1. The van der Waals surface area contributed by atoms with Gasteiger partial charge in [0.2, 0.25) is 15.9 Å². The average molecular weight is 358 g/mol. The summed E-state index contributed by atoms with van der Waals surface area (Å²) < 4.78 is 30.5. The van der Waals surface area contributed by atoms with Gasteiger partial charge in [0.1, 0.15) is 17.1 Å². The van der Waals surface area contributed by atoms with Gasteiger partial charge in [-0.2, -0.15) is 0 Å². The van der Waals surface area contributed by atoms with Crippen molar-refractivity contribution >= 4 is 21.9 Å². The monoisotopic (exact) mass is 358 g/mol. The number of carboxylic acids is 1. The predicted octanol–water partition coefficient (Wildman–Crippen LogP) is 0.964. The molecule has 2 N–H and O–H groups in total. The zero-order chi connectivity index (χ0) is 17.9. The lowest BCUT2D eigenvalue weighted by Crippen LogP contribution is -2.45. The number of carbonyl (C=O) groups is 2. The van der Waals surface area contributed by atoms with Gasteiger partial charge in [0.05, 0.1) is 18.2 Å². The Morgan fingerprint density at radius 3 is 2.75 bits per heavy atom. The maximum atomic E-state index is 12.3. The van der Waals surface area contributed by atoms with Gasteiger partial charge in [-0.3, -0.25) is 4.79 Å². The Kier molecular flexibility index (Phi) is 5.66. The highest BCUT2D eigenvalue weighted by atomic mass is 32.2. The molecule has 1 aromatic rings. The molecule has 1 aromatic heterocycles. The third kappa shape index (κ3) is 4.15. The van der Waals surface area contributed by atoms with Gasteiger partial charge in [0, 0.05) is 13.1 Å². The van der Waals surface area contributed by atoms with Crippen molar-refractivity contribution in [1.82, 2.24) is 9.62 Å². The van der Waals surface area contributed by atoms with Crippen LogP contribution in [0.25, 0.3) is 0 Å². The van der Waals surface area contributed by atoms with E-state index < -0.39 is 21.9 Å². The second kappa shape index (κ2) is 7.35. The first-order valence-corrected chi connectivity index (χ1v) is 9.43. The minimum Gasteiger partial charge on any atom is -0.478 e. The quantitative estimate of drug-likeness (QED) is 0.782. The molecule has 1 amide bonds. The van der Waals surface area contributed by atoms with Crippen LogP contribution in [0.3, 0.4) is 0 Å². The van der Waals surface area contributed by atoms with Gasteiger partial charge in [0.15, 0.2) is 0 Å². The van der Waals surface area contributed by atoms with E-state index in [4.69, 9.17) is 9.52 Å². The highest BCUT2D eigenvalue weighted by molar-refractivity contribution is 7.89. The maximum Gasteiger partial charge on any atom is 0.339 e. The van der Waals surface area contributed by atoms with Crippen LogP contribution < -0.4 is 5.32 Å². The number of aromatic carboxylic acids is 1. The Labute approximate surface area is 140 Å². The van der Waals surface area contributed by atoms with Crippen molar-refractivity contribution in [3.05, 3.63) is 23.2 Å². The maximum absolute atomic E-state index is 12.3.